The molecule has 0 bridgehead atoms. The summed E-state index contributed by atoms with van der Waals surface area (Å²) in [6.07, 6.45) is 4.15. The maximum absolute atomic E-state index is 12.2. The van der Waals surface area contributed by atoms with E-state index in [0.717, 1.165) is 30.2 Å². The molecule has 1 aliphatic heterocycles. The molecule has 2 aromatic carbocycles. The average molecular weight is 404 g/mol. The normalized spacial score (nSPS) is 13.3. The summed E-state index contributed by atoms with van der Waals surface area (Å²) in [4.78, 5) is 26.7. The van der Waals surface area contributed by atoms with Crippen LogP contribution in [0.4, 0.5) is 11.4 Å². The molecule has 7 nitrogen and oxygen atoms in total. The number of benzene rings is 2. The lowest BCUT2D eigenvalue weighted by atomic mass is 10.2. The molecule has 154 valence electrons. The molecule has 1 fully saturated rings. The van der Waals surface area contributed by atoms with Crippen LogP contribution in [0.15, 0.2) is 60.8 Å². The number of amides is 1. The van der Waals surface area contributed by atoms with E-state index in [1.54, 1.807) is 35.1 Å². The molecule has 4 rings (SSSR count). The first-order chi connectivity index (χ1) is 14.6. The van der Waals surface area contributed by atoms with Crippen molar-refractivity contribution in [1.82, 2.24) is 9.78 Å². The van der Waals surface area contributed by atoms with Crippen LogP contribution in [0.2, 0.25) is 0 Å². The number of rotatable bonds is 6. The summed E-state index contributed by atoms with van der Waals surface area (Å²) in [7, 11) is 0. The number of carbonyl (C=O) groups excluding carboxylic acids is 2. The van der Waals surface area contributed by atoms with E-state index in [2.05, 4.69) is 15.3 Å². The molecule has 1 amide bonds. The second-order valence-corrected chi connectivity index (χ2v) is 7.30. The zero-order chi connectivity index (χ0) is 20.9. The van der Waals surface area contributed by atoms with Crippen molar-refractivity contribution in [1.29, 1.82) is 0 Å². The summed E-state index contributed by atoms with van der Waals surface area (Å²) in [6, 6.07) is 16.5. The number of hydrogen-bond donors (Lipinski definition) is 1. The van der Waals surface area contributed by atoms with E-state index in [1.165, 1.54) is 12.8 Å². The Morgan fingerprint density at radius 1 is 0.967 bits per heavy atom. The zero-order valence-electron chi connectivity index (χ0n) is 16.9. The van der Waals surface area contributed by atoms with Gasteiger partial charge in [0.25, 0.3) is 5.91 Å². The molecule has 7 heteroatoms. The molecule has 0 saturated carbocycles. The fourth-order valence-electron chi connectivity index (χ4n) is 3.52. The quantitative estimate of drug-likeness (QED) is 0.636. The van der Waals surface area contributed by atoms with Gasteiger partial charge in [0.1, 0.15) is 0 Å². The molecule has 0 unspecified atom stereocenters. The first-order valence-electron chi connectivity index (χ1n) is 10.0. The lowest BCUT2D eigenvalue weighted by Gasteiger charge is -2.17. The summed E-state index contributed by atoms with van der Waals surface area (Å²) in [6.45, 7) is 3.76. The monoisotopic (exact) mass is 404 g/mol. The first kappa shape index (κ1) is 19.7. The van der Waals surface area contributed by atoms with Gasteiger partial charge in [0, 0.05) is 36.4 Å². The highest BCUT2D eigenvalue weighted by Crippen LogP contribution is 2.22. The van der Waals surface area contributed by atoms with Crippen molar-refractivity contribution in [3.8, 4) is 5.69 Å². The second-order valence-electron chi connectivity index (χ2n) is 7.30. The lowest BCUT2D eigenvalue weighted by molar-refractivity contribution is -0.119. The van der Waals surface area contributed by atoms with Crippen molar-refractivity contribution in [3.05, 3.63) is 72.1 Å². The van der Waals surface area contributed by atoms with Crippen molar-refractivity contribution in [2.24, 2.45) is 0 Å². The molecule has 0 aliphatic carbocycles. The molecule has 1 aromatic heterocycles. The fraction of sp³-hybridized carbons (Fsp3) is 0.261. The Balaban J connectivity index is 1.28. The van der Waals surface area contributed by atoms with Gasteiger partial charge in [-0.3, -0.25) is 4.79 Å². The molecule has 30 heavy (non-hydrogen) atoms. The molecular formula is C23H24N4O3. The number of ether oxygens (including phenoxy) is 1. The van der Waals surface area contributed by atoms with E-state index in [-0.39, 0.29) is 12.5 Å². The largest absolute Gasteiger partial charge is 0.452 e. The molecular weight excluding hydrogens is 380 g/mol. The topological polar surface area (TPSA) is 76.5 Å². The average Bonchev–Trinajstić information content (AvgIpc) is 3.45. The van der Waals surface area contributed by atoms with Crippen LogP contribution in [0.5, 0.6) is 0 Å². The molecule has 1 saturated heterocycles. The summed E-state index contributed by atoms with van der Waals surface area (Å²) in [5.74, 6) is -0.917. The van der Waals surface area contributed by atoms with Gasteiger partial charge in [-0.15, -0.1) is 0 Å². The van der Waals surface area contributed by atoms with Gasteiger partial charge in [-0.2, -0.15) is 5.10 Å². The number of esters is 1. The number of aromatic nitrogens is 2. The third kappa shape index (κ3) is 4.51. The van der Waals surface area contributed by atoms with Crippen LogP contribution in [-0.4, -0.2) is 41.4 Å². The summed E-state index contributed by atoms with van der Waals surface area (Å²) in [5, 5.41) is 6.99. The maximum Gasteiger partial charge on any atom is 0.338 e. The zero-order valence-corrected chi connectivity index (χ0v) is 16.9. The molecule has 1 aliphatic rings. The Morgan fingerprint density at radius 3 is 2.27 bits per heavy atom. The van der Waals surface area contributed by atoms with Gasteiger partial charge in [0.2, 0.25) is 0 Å². The predicted molar refractivity (Wildman–Crippen MR) is 115 cm³/mol. The van der Waals surface area contributed by atoms with Crippen molar-refractivity contribution < 1.29 is 14.3 Å². The van der Waals surface area contributed by atoms with Crippen molar-refractivity contribution in [2.75, 3.05) is 29.9 Å². The van der Waals surface area contributed by atoms with E-state index >= 15 is 0 Å². The molecule has 0 radical (unpaired) electrons. The molecule has 0 spiro atoms. The SMILES string of the molecule is Cc1ccnn1-c1ccc(C(=O)OCC(=O)Nc2ccc(N3CCCC3)cc2)cc1. The van der Waals surface area contributed by atoms with Crippen LogP contribution in [-0.2, 0) is 9.53 Å². The number of carbonyl (C=O) groups is 2. The fourth-order valence-corrected chi connectivity index (χ4v) is 3.52. The van der Waals surface area contributed by atoms with Gasteiger partial charge in [-0.25, -0.2) is 9.48 Å². The first-order valence-corrected chi connectivity index (χ1v) is 10.0. The van der Waals surface area contributed by atoms with Gasteiger partial charge in [-0.1, -0.05) is 0 Å². The number of nitrogens with zero attached hydrogens (tertiary/aromatic N) is 3. The maximum atomic E-state index is 12.2. The Hall–Kier alpha value is -3.61. The van der Waals surface area contributed by atoms with Crippen LogP contribution in [0.1, 0.15) is 28.9 Å². The molecule has 3 aromatic rings. The van der Waals surface area contributed by atoms with E-state index in [4.69, 9.17) is 4.74 Å². The van der Waals surface area contributed by atoms with Gasteiger partial charge < -0.3 is 15.0 Å². The Kier molecular flexibility index (Phi) is 5.79. The number of hydrogen-bond acceptors (Lipinski definition) is 5. The minimum atomic E-state index is -0.543. The van der Waals surface area contributed by atoms with Crippen LogP contribution in [0.3, 0.4) is 0 Å². The standard InChI is InChI=1S/C23H24N4O3/c1-17-12-13-24-27(17)21-8-4-18(5-9-21)23(29)30-16-22(28)25-19-6-10-20(11-7-19)26-14-2-3-15-26/h4-13H,2-3,14-16H2,1H3,(H,25,28). The van der Waals surface area contributed by atoms with E-state index < -0.39 is 5.97 Å². The van der Waals surface area contributed by atoms with E-state index in [0.29, 0.717) is 11.3 Å². The predicted octanol–water partition coefficient (Wildman–Crippen LogP) is 3.58. The van der Waals surface area contributed by atoms with Crippen LogP contribution in [0, 0.1) is 6.92 Å². The number of aryl methyl sites for hydroxylation is 1. The lowest BCUT2D eigenvalue weighted by Crippen LogP contribution is -2.21. The van der Waals surface area contributed by atoms with Gasteiger partial charge in [0.05, 0.1) is 11.3 Å². The van der Waals surface area contributed by atoms with Crippen LogP contribution in [0.25, 0.3) is 5.69 Å². The highest BCUT2D eigenvalue weighted by Gasteiger charge is 2.13. The van der Waals surface area contributed by atoms with Gasteiger partial charge in [-0.05, 0) is 74.4 Å². The summed E-state index contributed by atoms with van der Waals surface area (Å²) in [5.41, 5.74) is 4.06. The molecule has 2 heterocycles. The molecule has 0 atom stereocenters. The summed E-state index contributed by atoms with van der Waals surface area (Å²) >= 11 is 0. The van der Waals surface area contributed by atoms with Crippen molar-refractivity contribution >= 4 is 23.3 Å². The highest BCUT2D eigenvalue weighted by molar-refractivity contribution is 5.95. The summed E-state index contributed by atoms with van der Waals surface area (Å²) < 4.78 is 6.92. The number of nitrogens with one attached hydrogen (secondary N) is 1. The van der Waals surface area contributed by atoms with Gasteiger partial charge in [0.15, 0.2) is 6.61 Å². The Labute approximate surface area is 175 Å². The smallest absolute Gasteiger partial charge is 0.338 e. The second kappa shape index (κ2) is 8.82. The Bertz CT molecular complexity index is 1020. The number of anilines is 2. The van der Waals surface area contributed by atoms with E-state index in [9.17, 15) is 9.59 Å². The highest BCUT2D eigenvalue weighted by atomic mass is 16.5. The molecule has 1 N–H and O–H groups in total. The minimum Gasteiger partial charge on any atom is -0.452 e. The van der Waals surface area contributed by atoms with Crippen LogP contribution < -0.4 is 10.2 Å². The van der Waals surface area contributed by atoms with Crippen LogP contribution >= 0.6 is 0 Å². The van der Waals surface area contributed by atoms with Crippen molar-refractivity contribution in [3.63, 3.8) is 0 Å². The van der Waals surface area contributed by atoms with E-state index in [1.807, 2.05) is 37.3 Å². The minimum absolute atomic E-state index is 0.341. The third-order valence-corrected chi connectivity index (χ3v) is 5.14. The third-order valence-electron chi connectivity index (χ3n) is 5.14. The van der Waals surface area contributed by atoms with Gasteiger partial charge >= 0.3 is 5.97 Å². The van der Waals surface area contributed by atoms with Crippen molar-refractivity contribution in [2.45, 2.75) is 19.8 Å². The Morgan fingerprint density at radius 2 is 1.63 bits per heavy atom.